The van der Waals surface area contributed by atoms with E-state index in [-0.39, 0.29) is 4.90 Å². The molecular weight excluding hydrogens is 338 g/mol. The molecule has 6 nitrogen and oxygen atoms in total. The van der Waals surface area contributed by atoms with E-state index in [0.29, 0.717) is 11.4 Å². The minimum atomic E-state index is -3.65. The standard InChI is InChI=1S/C18H23N3O3S/c1-20-11-13-21(14-12-20)18-6-4-3-5-17(18)19-25(22,23)16-9-7-15(24-2)8-10-16/h3-10,19H,11-14H2,1-2H3/p+1. The summed E-state index contributed by atoms with van der Waals surface area (Å²) in [7, 11) is 0.0799. The van der Waals surface area contributed by atoms with Crippen LogP contribution in [-0.4, -0.2) is 48.8 Å². The number of methoxy groups -OCH3 is 1. The fourth-order valence-corrected chi connectivity index (χ4v) is 4.00. The van der Waals surface area contributed by atoms with Crippen LogP contribution in [0.3, 0.4) is 0 Å². The maximum absolute atomic E-state index is 12.7. The molecule has 1 saturated heterocycles. The molecule has 2 aromatic rings. The minimum absolute atomic E-state index is 0.214. The number of rotatable bonds is 5. The van der Waals surface area contributed by atoms with Gasteiger partial charge < -0.3 is 14.5 Å². The van der Waals surface area contributed by atoms with Gasteiger partial charge in [-0.1, -0.05) is 12.1 Å². The monoisotopic (exact) mass is 362 g/mol. The Morgan fingerprint density at radius 2 is 1.68 bits per heavy atom. The maximum Gasteiger partial charge on any atom is 0.261 e. The number of sulfonamides is 1. The van der Waals surface area contributed by atoms with Crippen molar-refractivity contribution in [2.24, 2.45) is 0 Å². The van der Waals surface area contributed by atoms with Gasteiger partial charge in [0, 0.05) is 0 Å². The average Bonchev–Trinajstić information content (AvgIpc) is 2.63. The summed E-state index contributed by atoms with van der Waals surface area (Å²) in [5.74, 6) is 0.624. The van der Waals surface area contributed by atoms with E-state index in [9.17, 15) is 8.42 Å². The van der Waals surface area contributed by atoms with Crippen LogP contribution in [0.1, 0.15) is 0 Å². The van der Waals surface area contributed by atoms with Crippen LogP contribution in [-0.2, 0) is 10.0 Å². The third-order valence-electron chi connectivity index (χ3n) is 4.48. The number of ether oxygens (including phenoxy) is 1. The molecule has 134 valence electrons. The molecule has 0 amide bonds. The fraction of sp³-hybridized carbons (Fsp3) is 0.333. The molecule has 0 saturated carbocycles. The average molecular weight is 362 g/mol. The van der Waals surface area contributed by atoms with Crippen molar-refractivity contribution in [2.75, 3.05) is 50.0 Å². The molecule has 0 aromatic heterocycles. The van der Waals surface area contributed by atoms with Gasteiger partial charge in [0.05, 0.1) is 56.6 Å². The van der Waals surface area contributed by atoms with E-state index in [1.807, 2.05) is 24.3 Å². The molecule has 3 rings (SSSR count). The first kappa shape index (κ1) is 17.6. The quantitative estimate of drug-likeness (QED) is 0.827. The SMILES string of the molecule is COc1ccc(S(=O)(=O)Nc2ccccc2N2CC[NH+](C)CC2)cc1. The summed E-state index contributed by atoms with van der Waals surface area (Å²) in [5.41, 5.74) is 1.53. The van der Waals surface area contributed by atoms with Gasteiger partial charge in [-0.25, -0.2) is 8.42 Å². The Morgan fingerprint density at radius 3 is 2.32 bits per heavy atom. The Labute approximate surface area is 149 Å². The van der Waals surface area contributed by atoms with Crippen molar-refractivity contribution in [1.82, 2.24) is 0 Å². The normalized spacial score (nSPS) is 15.8. The summed E-state index contributed by atoms with van der Waals surface area (Å²) < 4.78 is 33.2. The zero-order valence-corrected chi connectivity index (χ0v) is 15.3. The summed E-state index contributed by atoms with van der Waals surface area (Å²) in [6.07, 6.45) is 0. The van der Waals surface area contributed by atoms with Crippen molar-refractivity contribution in [3.8, 4) is 5.75 Å². The molecule has 1 fully saturated rings. The van der Waals surface area contributed by atoms with Crippen LogP contribution in [0.5, 0.6) is 5.75 Å². The summed E-state index contributed by atoms with van der Waals surface area (Å²) in [6, 6.07) is 13.9. The van der Waals surface area contributed by atoms with E-state index in [0.717, 1.165) is 31.9 Å². The molecule has 1 aliphatic heterocycles. The molecular formula is C18H24N3O3S+. The van der Waals surface area contributed by atoms with Crippen molar-refractivity contribution in [2.45, 2.75) is 4.90 Å². The number of nitrogens with one attached hydrogen (secondary N) is 2. The van der Waals surface area contributed by atoms with Crippen LogP contribution in [0.25, 0.3) is 0 Å². The Kier molecular flexibility index (Phi) is 5.15. The van der Waals surface area contributed by atoms with Crippen molar-refractivity contribution in [3.05, 3.63) is 48.5 Å². The number of quaternary nitrogens is 1. The molecule has 7 heteroatoms. The summed E-state index contributed by atoms with van der Waals surface area (Å²) in [5, 5.41) is 0. The summed E-state index contributed by atoms with van der Waals surface area (Å²) in [4.78, 5) is 3.94. The van der Waals surface area contributed by atoms with Crippen LogP contribution in [0.15, 0.2) is 53.4 Å². The second-order valence-electron chi connectivity index (χ2n) is 6.24. The smallest absolute Gasteiger partial charge is 0.261 e. The molecule has 0 spiro atoms. The highest BCUT2D eigenvalue weighted by Crippen LogP contribution is 2.28. The highest BCUT2D eigenvalue weighted by molar-refractivity contribution is 7.92. The highest BCUT2D eigenvalue weighted by Gasteiger charge is 2.22. The van der Waals surface area contributed by atoms with E-state index < -0.39 is 10.0 Å². The maximum atomic E-state index is 12.7. The van der Waals surface area contributed by atoms with Crippen molar-refractivity contribution in [3.63, 3.8) is 0 Å². The van der Waals surface area contributed by atoms with Gasteiger partial charge in [0.15, 0.2) is 0 Å². The zero-order chi connectivity index (χ0) is 17.9. The van der Waals surface area contributed by atoms with Gasteiger partial charge in [-0.2, -0.15) is 0 Å². The Morgan fingerprint density at radius 1 is 1.04 bits per heavy atom. The van der Waals surface area contributed by atoms with E-state index in [1.165, 1.54) is 4.90 Å². The topological polar surface area (TPSA) is 63.1 Å². The van der Waals surface area contributed by atoms with Crippen molar-refractivity contribution >= 4 is 21.4 Å². The lowest BCUT2D eigenvalue weighted by Crippen LogP contribution is -3.12. The van der Waals surface area contributed by atoms with Gasteiger partial charge >= 0.3 is 0 Å². The second-order valence-corrected chi connectivity index (χ2v) is 7.92. The third kappa shape index (κ3) is 4.05. The van der Waals surface area contributed by atoms with E-state index in [1.54, 1.807) is 31.4 Å². The molecule has 0 unspecified atom stereocenters. The number of anilines is 2. The Balaban J connectivity index is 1.84. The largest absolute Gasteiger partial charge is 0.497 e. The van der Waals surface area contributed by atoms with Gasteiger partial charge in [-0.15, -0.1) is 0 Å². The third-order valence-corrected chi connectivity index (χ3v) is 5.86. The zero-order valence-electron chi connectivity index (χ0n) is 14.5. The minimum Gasteiger partial charge on any atom is -0.497 e. The molecule has 25 heavy (non-hydrogen) atoms. The molecule has 0 radical (unpaired) electrons. The number of para-hydroxylation sites is 2. The van der Waals surface area contributed by atoms with Crippen LogP contribution in [0.2, 0.25) is 0 Å². The lowest BCUT2D eigenvalue weighted by atomic mass is 10.2. The molecule has 1 heterocycles. The van der Waals surface area contributed by atoms with Gasteiger partial charge in [0.1, 0.15) is 5.75 Å². The van der Waals surface area contributed by atoms with Crippen LogP contribution in [0, 0.1) is 0 Å². The first-order chi connectivity index (χ1) is 12.0. The number of hydrogen-bond acceptors (Lipinski definition) is 4. The van der Waals surface area contributed by atoms with Crippen LogP contribution < -0.4 is 19.3 Å². The number of benzene rings is 2. The predicted octanol–water partition coefficient (Wildman–Crippen LogP) is 0.831. The molecule has 2 aromatic carbocycles. The van der Waals surface area contributed by atoms with Gasteiger partial charge in [-0.05, 0) is 36.4 Å². The van der Waals surface area contributed by atoms with Gasteiger partial charge in [0.2, 0.25) is 0 Å². The second kappa shape index (κ2) is 7.33. The first-order valence-corrected chi connectivity index (χ1v) is 9.80. The Bertz CT molecular complexity index is 814. The molecule has 0 aliphatic carbocycles. The summed E-state index contributed by atoms with van der Waals surface area (Å²) in [6.45, 7) is 3.90. The van der Waals surface area contributed by atoms with Gasteiger partial charge in [0.25, 0.3) is 10.0 Å². The molecule has 2 N–H and O–H groups in total. The van der Waals surface area contributed by atoms with Crippen molar-refractivity contribution < 1.29 is 18.1 Å². The molecule has 1 aliphatic rings. The summed E-state index contributed by atoms with van der Waals surface area (Å²) >= 11 is 0. The van der Waals surface area contributed by atoms with Crippen molar-refractivity contribution in [1.29, 1.82) is 0 Å². The number of piperazine rings is 1. The number of nitrogens with zero attached hydrogens (tertiary/aromatic N) is 1. The van der Waals surface area contributed by atoms with Crippen LogP contribution in [0.4, 0.5) is 11.4 Å². The van der Waals surface area contributed by atoms with E-state index in [2.05, 4.69) is 16.7 Å². The predicted molar refractivity (Wildman–Crippen MR) is 99.1 cm³/mol. The lowest BCUT2D eigenvalue weighted by Gasteiger charge is -2.33. The Hall–Kier alpha value is -2.25. The van der Waals surface area contributed by atoms with E-state index in [4.69, 9.17) is 4.74 Å². The number of hydrogen-bond donors (Lipinski definition) is 2. The van der Waals surface area contributed by atoms with Crippen LogP contribution >= 0.6 is 0 Å². The molecule has 0 atom stereocenters. The lowest BCUT2D eigenvalue weighted by molar-refractivity contribution is -0.880. The number of likely N-dealkylation sites (N-methyl/N-ethyl adjacent to an activating group) is 1. The van der Waals surface area contributed by atoms with Gasteiger partial charge in [-0.3, -0.25) is 4.72 Å². The fourth-order valence-electron chi connectivity index (χ4n) is 2.92. The molecule has 0 bridgehead atoms. The highest BCUT2D eigenvalue weighted by atomic mass is 32.2. The first-order valence-electron chi connectivity index (χ1n) is 8.32. The van der Waals surface area contributed by atoms with E-state index >= 15 is 0 Å².